The van der Waals surface area contributed by atoms with Gasteiger partial charge in [-0.15, -0.1) is 0 Å². The number of nitrogens with zero attached hydrogens (tertiary/aromatic N) is 2. The van der Waals surface area contributed by atoms with Crippen molar-refractivity contribution in [2.75, 3.05) is 27.0 Å². The Bertz CT molecular complexity index is 1340. The maximum atomic E-state index is 13.5. The van der Waals surface area contributed by atoms with Crippen LogP contribution in [0.15, 0.2) is 18.2 Å². The predicted molar refractivity (Wildman–Crippen MR) is 133 cm³/mol. The lowest BCUT2D eigenvalue weighted by molar-refractivity contribution is -0.0866. The number of ether oxygens (including phenoxy) is 5. The lowest BCUT2D eigenvalue weighted by Crippen LogP contribution is -2.55. The molecular weight excluding hydrogens is 492 g/mol. The molecule has 38 heavy (non-hydrogen) atoms. The van der Waals surface area contributed by atoms with Crippen LogP contribution in [0.2, 0.25) is 0 Å². The van der Waals surface area contributed by atoms with E-state index in [-0.39, 0.29) is 42.4 Å². The minimum Gasteiger partial charge on any atom is -0.462 e. The Morgan fingerprint density at radius 1 is 1.08 bits per heavy atom. The monoisotopic (exact) mass is 522 g/mol. The highest BCUT2D eigenvalue weighted by atomic mass is 16.7. The van der Waals surface area contributed by atoms with Gasteiger partial charge in [0.15, 0.2) is 11.5 Å². The molecule has 4 heterocycles. The SMILES string of the molecule is CCOC(=O)c1cc(C(=O)OC2C[C@H]3CCN(C)[C@H]3[C@@H]3c4cc5c(cc4C(=O)O[C@@H]23)OCO5)c(C)nc1C. The molecule has 1 aromatic carbocycles. The van der Waals surface area contributed by atoms with Gasteiger partial charge in [0.1, 0.15) is 12.2 Å². The standard InChI is InChI=1S/C28H30N2O8/c1-5-34-26(31)16-9-17(14(3)29-13(16)2)27(32)37-22-8-15-6-7-30(4)24(15)23-18-10-20-21(36-12-35-20)11-19(18)28(33)38-25(22)23/h9-11,15,22-25H,5-8,12H2,1-4H3/t15-,22?,23+,24-,25+/m1/s1. The van der Waals surface area contributed by atoms with Crippen molar-refractivity contribution in [1.29, 1.82) is 0 Å². The van der Waals surface area contributed by atoms with Crippen LogP contribution in [0, 0.1) is 19.8 Å². The number of hydrogen-bond acceptors (Lipinski definition) is 10. The third kappa shape index (κ3) is 3.89. The van der Waals surface area contributed by atoms with Gasteiger partial charge < -0.3 is 28.6 Å². The average molecular weight is 523 g/mol. The third-order valence-corrected chi connectivity index (χ3v) is 8.21. The normalized spacial score (nSPS) is 27.2. The summed E-state index contributed by atoms with van der Waals surface area (Å²) < 4.78 is 28.3. The Morgan fingerprint density at radius 2 is 1.79 bits per heavy atom. The van der Waals surface area contributed by atoms with Crippen LogP contribution in [0.4, 0.5) is 0 Å². The van der Waals surface area contributed by atoms with Crippen molar-refractivity contribution in [2.45, 2.75) is 57.8 Å². The molecule has 200 valence electrons. The summed E-state index contributed by atoms with van der Waals surface area (Å²) in [5.74, 6) is -0.456. The van der Waals surface area contributed by atoms with Crippen molar-refractivity contribution in [1.82, 2.24) is 9.88 Å². The summed E-state index contributed by atoms with van der Waals surface area (Å²) in [6.45, 7) is 6.32. The van der Waals surface area contributed by atoms with Crippen molar-refractivity contribution in [3.63, 3.8) is 0 Å². The van der Waals surface area contributed by atoms with Gasteiger partial charge >= 0.3 is 17.9 Å². The number of benzene rings is 1. The summed E-state index contributed by atoms with van der Waals surface area (Å²) in [6, 6.07) is 5.17. The fraction of sp³-hybridized carbons (Fsp3) is 0.500. The molecule has 1 aliphatic carbocycles. The van der Waals surface area contributed by atoms with E-state index >= 15 is 0 Å². The smallest absolute Gasteiger partial charge is 0.340 e. The van der Waals surface area contributed by atoms with Gasteiger partial charge in [0.2, 0.25) is 6.79 Å². The van der Waals surface area contributed by atoms with Gasteiger partial charge in [-0.2, -0.15) is 0 Å². The number of carbonyl (C=O) groups is 3. The fourth-order valence-electron chi connectivity index (χ4n) is 6.50. The first-order valence-electron chi connectivity index (χ1n) is 13.0. The summed E-state index contributed by atoms with van der Waals surface area (Å²) >= 11 is 0. The number of pyridine rings is 1. The number of likely N-dealkylation sites (N-methyl/N-ethyl adjacent to an activating group) is 1. The number of hydrogen-bond donors (Lipinski definition) is 0. The number of aryl methyl sites for hydroxylation is 2. The fourth-order valence-corrected chi connectivity index (χ4v) is 6.50. The highest BCUT2D eigenvalue weighted by Gasteiger charge is 2.55. The van der Waals surface area contributed by atoms with Crippen LogP contribution in [0.25, 0.3) is 0 Å². The molecule has 0 N–H and O–H groups in total. The molecule has 1 saturated heterocycles. The molecule has 1 aromatic heterocycles. The molecule has 3 aliphatic heterocycles. The van der Waals surface area contributed by atoms with Crippen LogP contribution in [-0.4, -0.2) is 73.0 Å². The van der Waals surface area contributed by atoms with Gasteiger partial charge in [0, 0.05) is 12.0 Å². The minimum atomic E-state index is -0.663. The first-order chi connectivity index (χ1) is 18.3. The van der Waals surface area contributed by atoms with E-state index in [0.717, 1.165) is 18.5 Å². The molecule has 5 atom stereocenters. The molecule has 10 heteroatoms. The number of aromatic nitrogens is 1. The Kier molecular flexibility index (Phi) is 6.02. The molecule has 0 amide bonds. The second kappa shape index (κ2) is 9.27. The zero-order chi connectivity index (χ0) is 26.7. The first kappa shape index (κ1) is 24.7. The summed E-state index contributed by atoms with van der Waals surface area (Å²) in [5, 5.41) is 0. The van der Waals surface area contributed by atoms with E-state index in [1.54, 1.807) is 26.8 Å². The van der Waals surface area contributed by atoms with Crippen LogP contribution >= 0.6 is 0 Å². The molecule has 10 nitrogen and oxygen atoms in total. The van der Waals surface area contributed by atoms with E-state index in [0.29, 0.717) is 34.9 Å². The second-order valence-corrected chi connectivity index (χ2v) is 10.4. The van der Waals surface area contributed by atoms with Gasteiger partial charge in [-0.05, 0) is 76.9 Å². The van der Waals surface area contributed by atoms with Crippen LogP contribution in [-0.2, 0) is 14.2 Å². The van der Waals surface area contributed by atoms with E-state index in [1.165, 1.54) is 6.07 Å². The molecule has 1 unspecified atom stereocenters. The van der Waals surface area contributed by atoms with Gasteiger partial charge in [0.05, 0.1) is 34.7 Å². The van der Waals surface area contributed by atoms with E-state index in [9.17, 15) is 14.4 Å². The Morgan fingerprint density at radius 3 is 2.53 bits per heavy atom. The molecule has 2 fully saturated rings. The topological polar surface area (TPSA) is 113 Å². The van der Waals surface area contributed by atoms with Crippen molar-refractivity contribution in [2.24, 2.45) is 5.92 Å². The van der Waals surface area contributed by atoms with E-state index in [2.05, 4.69) is 16.9 Å². The van der Waals surface area contributed by atoms with Crippen LogP contribution in [0.1, 0.15) is 73.7 Å². The highest BCUT2D eigenvalue weighted by molar-refractivity contribution is 5.97. The largest absolute Gasteiger partial charge is 0.462 e. The average Bonchev–Trinajstić information content (AvgIpc) is 3.49. The van der Waals surface area contributed by atoms with Crippen molar-refractivity contribution in [3.8, 4) is 11.5 Å². The first-order valence-corrected chi connectivity index (χ1v) is 13.0. The number of esters is 3. The van der Waals surface area contributed by atoms with Crippen LogP contribution < -0.4 is 9.47 Å². The van der Waals surface area contributed by atoms with Gasteiger partial charge in [-0.25, -0.2) is 14.4 Å². The molecule has 4 aliphatic rings. The number of rotatable bonds is 4. The maximum absolute atomic E-state index is 13.5. The molecule has 0 radical (unpaired) electrons. The quantitative estimate of drug-likeness (QED) is 0.438. The van der Waals surface area contributed by atoms with Gasteiger partial charge in [-0.3, -0.25) is 4.98 Å². The molecule has 2 aromatic rings. The van der Waals surface area contributed by atoms with Crippen LogP contribution in [0.5, 0.6) is 11.5 Å². The Labute approximate surface area is 220 Å². The van der Waals surface area contributed by atoms with E-state index in [4.69, 9.17) is 23.7 Å². The number of fused-ring (bicyclic) bond motifs is 6. The zero-order valence-electron chi connectivity index (χ0n) is 21.8. The molecule has 0 spiro atoms. The number of carbonyl (C=O) groups excluding carboxylic acids is 3. The third-order valence-electron chi connectivity index (χ3n) is 8.21. The molecular formula is C28H30N2O8. The lowest BCUT2D eigenvalue weighted by Gasteiger charge is -2.48. The van der Waals surface area contributed by atoms with Crippen molar-refractivity contribution < 1.29 is 38.1 Å². The van der Waals surface area contributed by atoms with Crippen molar-refractivity contribution in [3.05, 3.63) is 51.8 Å². The second-order valence-electron chi connectivity index (χ2n) is 10.4. The number of likely N-dealkylation sites (tertiary alicyclic amines) is 1. The lowest BCUT2D eigenvalue weighted by atomic mass is 9.69. The van der Waals surface area contributed by atoms with E-state index in [1.807, 2.05) is 6.07 Å². The summed E-state index contributed by atoms with van der Waals surface area (Å²) in [4.78, 5) is 45.8. The Hall–Kier alpha value is -3.66. The van der Waals surface area contributed by atoms with Gasteiger partial charge in [0.25, 0.3) is 0 Å². The summed E-state index contributed by atoms with van der Waals surface area (Å²) in [7, 11) is 2.08. The Balaban J connectivity index is 1.35. The van der Waals surface area contributed by atoms with E-state index < -0.39 is 30.1 Å². The van der Waals surface area contributed by atoms with Crippen LogP contribution in [0.3, 0.4) is 0 Å². The zero-order valence-corrected chi connectivity index (χ0v) is 21.8. The minimum absolute atomic E-state index is 0.102. The molecule has 1 saturated carbocycles. The van der Waals surface area contributed by atoms with Crippen molar-refractivity contribution >= 4 is 17.9 Å². The maximum Gasteiger partial charge on any atom is 0.340 e. The summed E-state index contributed by atoms with van der Waals surface area (Å²) in [6.07, 6.45) is 0.196. The molecule has 0 bridgehead atoms. The summed E-state index contributed by atoms with van der Waals surface area (Å²) in [5.41, 5.74) is 2.62. The molecule has 6 rings (SSSR count). The predicted octanol–water partition coefficient (Wildman–Crippen LogP) is 3.18. The highest BCUT2D eigenvalue weighted by Crippen LogP contribution is 2.51. The van der Waals surface area contributed by atoms with Gasteiger partial charge in [-0.1, -0.05) is 0 Å².